The summed E-state index contributed by atoms with van der Waals surface area (Å²) in [5.41, 5.74) is 13.2. The minimum Gasteiger partial charge on any atom is -0.398 e. The summed E-state index contributed by atoms with van der Waals surface area (Å²) in [6.45, 7) is 14.2. The molecule has 1 aromatic rings. The maximum Gasteiger partial charge on any atom is 0.0390 e. The van der Waals surface area contributed by atoms with Gasteiger partial charge in [-0.05, 0) is 31.2 Å². The Kier molecular flexibility index (Phi) is 22.1. The van der Waals surface area contributed by atoms with E-state index >= 15 is 0 Å². The van der Waals surface area contributed by atoms with E-state index in [1.54, 1.807) is 6.08 Å². The molecule has 4 N–H and O–H groups in total. The van der Waals surface area contributed by atoms with Crippen LogP contribution in [-0.4, -0.2) is 7.05 Å². The largest absolute Gasteiger partial charge is 0.398 e. The van der Waals surface area contributed by atoms with E-state index in [9.17, 15) is 0 Å². The molecule has 0 bridgehead atoms. The third-order valence-electron chi connectivity index (χ3n) is 1.46. The molecule has 0 aliphatic carbocycles. The zero-order chi connectivity index (χ0) is 15.0. The minimum absolute atomic E-state index is 0.801. The third kappa shape index (κ3) is 14.7. The van der Waals surface area contributed by atoms with Crippen molar-refractivity contribution in [3.8, 4) is 0 Å². The number of benzene rings is 1. The first-order valence-corrected chi connectivity index (χ1v) is 6.63. The first-order valence-electron chi connectivity index (χ1n) is 6.63. The average molecular weight is 252 g/mol. The molecule has 0 fully saturated rings. The van der Waals surface area contributed by atoms with Crippen molar-refractivity contribution in [3.05, 3.63) is 35.9 Å². The van der Waals surface area contributed by atoms with Gasteiger partial charge in [0.1, 0.15) is 0 Å². The highest BCUT2D eigenvalue weighted by atomic mass is 14.6. The van der Waals surface area contributed by atoms with E-state index in [1.807, 2.05) is 25.1 Å². The summed E-state index contributed by atoms with van der Waals surface area (Å²) in [5.74, 6) is 0. The van der Waals surface area contributed by atoms with Gasteiger partial charge in [-0.2, -0.15) is 0 Å². The second kappa shape index (κ2) is 18.1. The Balaban J connectivity index is -0.000000237. The third-order valence-corrected chi connectivity index (χ3v) is 1.46. The maximum atomic E-state index is 5.66. The predicted molar refractivity (Wildman–Crippen MR) is 87.7 cm³/mol. The number of rotatable bonds is 1. The van der Waals surface area contributed by atoms with Crippen molar-refractivity contribution in [1.82, 2.24) is 0 Å². The van der Waals surface area contributed by atoms with E-state index in [-0.39, 0.29) is 0 Å². The lowest BCUT2D eigenvalue weighted by Gasteiger charge is -1.99. The van der Waals surface area contributed by atoms with Crippen molar-refractivity contribution in [3.63, 3.8) is 0 Å². The van der Waals surface area contributed by atoms with Crippen LogP contribution in [0.3, 0.4) is 0 Å². The monoisotopic (exact) mass is 252 g/mol. The van der Waals surface area contributed by atoms with Gasteiger partial charge in [0, 0.05) is 5.69 Å². The number of nitrogen functional groups attached to an aromatic ring is 1. The zero-order valence-electron chi connectivity index (χ0n) is 13.1. The summed E-state index contributed by atoms with van der Waals surface area (Å²) in [4.78, 5) is 0. The molecule has 0 saturated heterocycles. The molecule has 2 heteroatoms. The SMILES string of the molecule is C=Cc1ccc(C)cc1N.CCC.CCC.CN. The molecule has 0 spiro atoms. The van der Waals surface area contributed by atoms with Crippen LogP contribution in [0.15, 0.2) is 24.8 Å². The Morgan fingerprint density at radius 2 is 1.44 bits per heavy atom. The fraction of sp³-hybridized carbons (Fsp3) is 0.500. The van der Waals surface area contributed by atoms with Gasteiger partial charge in [-0.3, -0.25) is 0 Å². The first-order chi connectivity index (χ1) is 8.56. The van der Waals surface area contributed by atoms with Gasteiger partial charge in [0.15, 0.2) is 0 Å². The minimum atomic E-state index is 0.801. The topological polar surface area (TPSA) is 52.0 Å². The fourth-order valence-corrected chi connectivity index (χ4v) is 0.880. The second-order valence-electron chi connectivity index (χ2n) is 3.75. The van der Waals surface area contributed by atoms with E-state index < -0.39 is 0 Å². The predicted octanol–water partition coefficient (Wildman–Crippen LogP) is 4.63. The van der Waals surface area contributed by atoms with Crippen molar-refractivity contribution in [1.29, 1.82) is 0 Å². The first kappa shape index (κ1) is 21.9. The molecule has 2 nitrogen and oxygen atoms in total. The number of aryl methyl sites for hydroxylation is 1. The number of nitrogens with two attached hydrogens (primary N) is 2. The smallest absolute Gasteiger partial charge is 0.0390 e. The zero-order valence-corrected chi connectivity index (χ0v) is 13.1. The number of anilines is 1. The summed E-state index contributed by atoms with van der Waals surface area (Å²) >= 11 is 0. The molecule has 0 amide bonds. The average Bonchev–Trinajstić information content (AvgIpc) is 2.34. The molecule has 18 heavy (non-hydrogen) atoms. The lowest BCUT2D eigenvalue weighted by molar-refractivity contribution is 1.09. The van der Waals surface area contributed by atoms with Gasteiger partial charge >= 0.3 is 0 Å². The van der Waals surface area contributed by atoms with Crippen molar-refractivity contribution >= 4 is 11.8 Å². The summed E-state index contributed by atoms with van der Waals surface area (Å²) in [6, 6.07) is 5.93. The molecule has 0 unspecified atom stereocenters. The summed E-state index contributed by atoms with van der Waals surface area (Å²) in [7, 11) is 1.50. The van der Waals surface area contributed by atoms with Crippen LogP contribution in [0, 0.1) is 6.92 Å². The Morgan fingerprint density at radius 3 is 1.72 bits per heavy atom. The quantitative estimate of drug-likeness (QED) is 0.716. The van der Waals surface area contributed by atoms with Crippen molar-refractivity contribution in [2.24, 2.45) is 5.73 Å². The van der Waals surface area contributed by atoms with Crippen LogP contribution in [0.4, 0.5) is 5.69 Å². The second-order valence-corrected chi connectivity index (χ2v) is 3.75. The van der Waals surface area contributed by atoms with E-state index in [2.05, 4.69) is 40.0 Å². The summed E-state index contributed by atoms with van der Waals surface area (Å²) < 4.78 is 0. The van der Waals surface area contributed by atoms with E-state index in [0.29, 0.717) is 0 Å². The van der Waals surface area contributed by atoms with E-state index in [4.69, 9.17) is 5.73 Å². The van der Waals surface area contributed by atoms with Gasteiger partial charge < -0.3 is 11.5 Å². The van der Waals surface area contributed by atoms with Crippen molar-refractivity contribution < 1.29 is 0 Å². The molecular formula is C16H32N2. The highest BCUT2D eigenvalue weighted by Gasteiger charge is 1.91. The summed E-state index contributed by atoms with van der Waals surface area (Å²) in [6.07, 6.45) is 4.26. The maximum absolute atomic E-state index is 5.66. The Bertz CT molecular complexity index is 278. The van der Waals surface area contributed by atoms with Gasteiger partial charge in [0.25, 0.3) is 0 Å². The fourth-order valence-electron chi connectivity index (χ4n) is 0.880. The molecule has 1 aromatic carbocycles. The van der Waals surface area contributed by atoms with Crippen LogP contribution in [0.25, 0.3) is 6.08 Å². The molecule has 0 aromatic heterocycles. The van der Waals surface area contributed by atoms with Gasteiger partial charge in [-0.1, -0.05) is 65.3 Å². The lowest BCUT2D eigenvalue weighted by atomic mass is 10.1. The van der Waals surface area contributed by atoms with Gasteiger partial charge in [0.05, 0.1) is 0 Å². The molecule has 106 valence electrons. The molecule has 0 aliphatic heterocycles. The molecule has 0 saturated carbocycles. The number of hydrogen-bond donors (Lipinski definition) is 2. The van der Waals surface area contributed by atoms with Crippen molar-refractivity contribution in [2.45, 2.75) is 47.5 Å². The molecule has 0 radical (unpaired) electrons. The molecule has 0 aliphatic rings. The lowest BCUT2D eigenvalue weighted by Crippen LogP contribution is -1.88. The number of hydrogen-bond acceptors (Lipinski definition) is 2. The Labute approximate surface area is 114 Å². The van der Waals surface area contributed by atoms with Crippen LogP contribution < -0.4 is 11.5 Å². The van der Waals surface area contributed by atoms with Gasteiger partial charge in [0.2, 0.25) is 0 Å². The highest BCUT2D eigenvalue weighted by Crippen LogP contribution is 2.13. The van der Waals surface area contributed by atoms with Gasteiger partial charge in [-0.25, -0.2) is 0 Å². The van der Waals surface area contributed by atoms with Crippen LogP contribution in [0.5, 0.6) is 0 Å². The van der Waals surface area contributed by atoms with Crippen LogP contribution in [0.1, 0.15) is 51.7 Å². The molecule has 0 atom stereocenters. The standard InChI is InChI=1S/C9H11N.2C3H8.CH5N/c1-3-8-5-4-7(2)6-9(8)10;2*1-3-2;1-2/h3-6H,1,10H2,2H3;2*3H2,1-2H3;2H2,1H3. The van der Waals surface area contributed by atoms with Crippen LogP contribution in [0.2, 0.25) is 0 Å². The van der Waals surface area contributed by atoms with E-state index in [0.717, 1.165) is 11.3 Å². The summed E-state index contributed by atoms with van der Waals surface area (Å²) in [5, 5.41) is 0. The van der Waals surface area contributed by atoms with E-state index in [1.165, 1.54) is 25.5 Å². The molecule has 1 rings (SSSR count). The van der Waals surface area contributed by atoms with Gasteiger partial charge in [-0.15, -0.1) is 0 Å². The van der Waals surface area contributed by atoms with Crippen molar-refractivity contribution in [2.75, 3.05) is 12.8 Å². The van der Waals surface area contributed by atoms with Crippen LogP contribution in [-0.2, 0) is 0 Å². The Morgan fingerprint density at radius 1 is 1.06 bits per heavy atom. The molecule has 0 heterocycles. The van der Waals surface area contributed by atoms with Crippen LogP contribution >= 0.6 is 0 Å². The molecular weight excluding hydrogens is 220 g/mol. The Hall–Kier alpha value is -1.28. The highest BCUT2D eigenvalue weighted by molar-refractivity contribution is 5.63. The normalized spacial score (nSPS) is 7.50.